The van der Waals surface area contributed by atoms with Crippen LogP contribution in [0.5, 0.6) is 0 Å². The van der Waals surface area contributed by atoms with Crippen molar-refractivity contribution < 1.29 is 26.4 Å². The van der Waals surface area contributed by atoms with Crippen LogP contribution >= 0.6 is 0 Å². The molecule has 2 aliphatic heterocycles. The van der Waals surface area contributed by atoms with E-state index in [1.165, 1.54) is 31.2 Å². The molecule has 9 nitrogen and oxygen atoms in total. The van der Waals surface area contributed by atoms with E-state index >= 15 is 0 Å². The molecule has 1 saturated heterocycles. The van der Waals surface area contributed by atoms with Gasteiger partial charge in [-0.25, -0.2) is 17.9 Å². The summed E-state index contributed by atoms with van der Waals surface area (Å²) in [6.07, 6.45) is -3.83. The first-order valence-electron chi connectivity index (χ1n) is 12.0. The number of nitriles is 2. The molecule has 4 rings (SSSR count). The van der Waals surface area contributed by atoms with Gasteiger partial charge >= 0.3 is 12.2 Å². The summed E-state index contributed by atoms with van der Waals surface area (Å²) in [6.45, 7) is 3.13. The van der Waals surface area contributed by atoms with Crippen LogP contribution in [0.1, 0.15) is 36.1 Å². The lowest BCUT2D eigenvalue weighted by Crippen LogP contribution is -2.47. The van der Waals surface area contributed by atoms with Crippen molar-refractivity contribution in [3.63, 3.8) is 0 Å². The monoisotopic (exact) mass is 558 g/mol. The molecule has 2 aliphatic rings. The number of anilines is 1. The number of alkyl halides is 3. The Morgan fingerprint density at radius 1 is 1.15 bits per heavy atom. The summed E-state index contributed by atoms with van der Waals surface area (Å²) in [7, 11) is -2.23. The average Bonchev–Trinajstić information content (AvgIpc) is 3.31. The lowest BCUT2D eigenvalue weighted by Gasteiger charge is -2.34. The van der Waals surface area contributed by atoms with Crippen LogP contribution in [-0.4, -0.2) is 46.0 Å². The van der Waals surface area contributed by atoms with Crippen molar-refractivity contribution in [2.75, 3.05) is 31.6 Å². The molecule has 13 heteroatoms. The molecule has 2 aromatic rings. The quantitative estimate of drug-likeness (QED) is 0.554. The molecule has 0 bridgehead atoms. The number of benzene rings is 2. The lowest BCUT2D eigenvalue weighted by atomic mass is 9.94. The minimum absolute atomic E-state index is 0.0419. The van der Waals surface area contributed by atoms with E-state index in [1.54, 1.807) is 0 Å². The van der Waals surface area contributed by atoms with E-state index in [0.29, 0.717) is 0 Å². The second-order valence-corrected chi connectivity index (χ2v) is 11.2. The maximum Gasteiger partial charge on any atom is 0.416 e. The first-order chi connectivity index (χ1) is 18.4. The van der Waals surface area contributed by atoms with Crippen molar-refractivity contribution >= 4 is 21.7 Å². The van der Waals surface area contributed by atoms with E-state index in [4.69, 9.17) is 0 Å². The van der Waals surface area contributed by atoms with Gasteiger partial charge in [-0.05, 0) is 68.8 Å². The average molecular weight is 559 g/mol. The number of carbonyl (C=O) groups is 1. The molecule has 0 spiro atoms. The molecule has 2 amide bonds. The van der Waals surface area contributed by atoms with Crippen molar-refractivity contribution in [3.8, 4) is 12.1 Å². The summed E-state index contributed by atoms with van der Waals surface area (Å²) >= 11 is 0. The third kappa shape index (κ3) is 5.76. The number of hydrogen-bond acceptors (Lipinski definition) is 6. The standard InChI is InChI=1S/C26H25F3N6O3S/c1-16-22(13-31)24(33-25(36)35(16)20-5-3-4-19(11-20)26(27,28)29)21-7-6-17(12-30)10-23(21)39(37,38)32-14-18-8-9-34(2)15-18/h3-7,10-11,18,24,32H,8-9,14-15H2,1-2H3,(H,33,36). The predicted molar refractivity (Wildman–Crippen MR) is 135 cm³/mol. The maximum atomic E-state index is 13.4. The fourth-order valence-corrected chi connectivity index (χ4v) is 6.22. The van der Waals surface area contributed by atoms with Gasteiger partial charge in [-0.15, -0.1) is 0 Å². The number of hydrogen-bond donors (Lipinski definition) is 2. The zero-order valence-electron chi connectivity index (χ0n) is 21.1. The zero-order chi connectivity index (χ0) is 28.5. The normalized spacial score (nSPS) is 20.5. The SMILES string of the molecule is CC1=C(C#N)C(c2ccc(C#N)cc2S(=O)(=O)NCC2CCN(C)C2)NC(=O)N1c1cccc(C(F)(F)F)c1. The molecule has 2 heterocycles. The topological polar surface area (TPSA) is 129 Å². The summed E-state index contributed by atoms with van der Waals surface area (Å²) in [6, 6.07) is 9.81. The summed E-state index contributed by atoms with van der Waals surface area (Å²) < 4.78 is 69.3. The molecule has 204 valence electrons. The largest absolute Gasteiger partial charge is 0.416 e. The summed E-state index contributed by atoms with van der Waals surface area (Å²) in [5, 5.41) is 22.0. The van der Waals surface area contributed by atoms with Crippen LogP contribution in [0.4, 0.5) is 23.7 Å². The Morgan fingerprint density at radius 2 is 1.90 bits per heavy atom. The van der Waals surface area contributed by atoms with E-state index in [9.17, 15) is 36.9 Å². The van der Waals surface area contributed by atoms with Gasteiger partial charge in [-0.2, -0.15) is 23.7 Å². The van der Waals surface area contributed by atoms with Gasteiger partial charge in [0.05, 0.1) is 45.5 Å². The number of nitrogens with zero attached hydrogens (tertiary/aromatic N) is 4. The van der Waals surface area contributed by atoms with E-state index in [1.807, 2.05) is 19.2 Å². The van der Waals surface area contributed by atoms with Gasteiger partial charge in [0.1, 0.15) is 0 Å². The van der Waals surface area contributed by atoms with E-state index in [-0.39, 0.29) is 45.4 Å². The molecule has 1 fully saturated rings. The predicted octanol–water partition coefficient (Wildman–Crippen LogP) is 3.88. The first-order valence-corrected chi connectivity index (χ1v) is 13.4. The fraction of sp³-hybridized carbons (Fsp3) is 0.346. The molecular formula is C26H25F3N6O3S. The first kappa shape index (κ1) is 28.1. The lowest BCUT2D eigenvalue weighted by molar-refractivity contribution is -0.137. The summed E-state index contributed by atoms with van der Waals surface area (Å²) in [5.74, 6) is 0.0968. The van der Waals surface area contributed by atoms with Crippen LogP contribution in [-0.2, 0) is 16.2 Å². The van der Waals surface area contributed by atoms with Crippen molar-refractivity contribution in [2.24, 2.45) is 5.92 Å². The van der Waals surface area contributed by atoms with Gasteiger partial charge in [0.2, 0.25) is 10.0 Å². The van der Waals surface area contributed by atoms with Crippen molar-refractivity contribution in [1.82, 2.24) is 14.9 Å². The van der Waals surface area contributed by atoms with Crippen LogP contribution < -0.4 is 14.9 Å². The van der Waals surface area contributed by atoms with E-state index in [0.717, 1.165) is 42.6 Å². The van der Waals surface area contributed by atoms with Crippen molar-refractivity contribution in [3.05, 3.63) is 70.4 Å². The summed E-state index contributed by atoms with van der Waals surface area (Å²) in [5.41, 5.74) is -0.987. The highest BCUT2D eigenvalue weighted by atomic mass is 32.2. The fourth-order valence-electron chi connectivity index (χ4n) is 4.83. The number of rotatable bonds is 6. The molecule has 0 aliphatic carbocycles. The third-order valence-corrected chi connectivity index (χ3v) is 8.31. The molecule has 2 atom stereocenters. The van der Waals surface area contributed by atoms with Crippen molar-refractivity contribution in [1.29, 1.82) is 10.5 Å². The number of likely N-dealkylation sites (tertiary alicyclic amines) is 1. The molecule has 0 radical (unpaired) electrons. The number of allylic oxidation sites excluding steroid dienone is 1. The molecule has 0 aromatic heterocycles. The number of nitrogens with one attached hydrogen (secondary N) is 2. The Labute approximate surface area is 224 Å². The highest BCUT2D eigenvalue weighted by Gasteiger charge is 2.37. The number of halogens is 3. The number of carbonyl (C=O) groups excluding carboxylic acids is 1. The van der Waals surface area contributed by atoms with Crippen LogP contribution in [0.15, 0.2) is 58.6 Å². The second kappa shape index (κ2) is 10.7. The van der Waals surface area contributed by atoms with Crippen LogP contribution in [0.3, 0.4) is 0 Å². The summed E-state index contributed by atoms with van der Waals surface area (Å²) in [4.78, 5) is 15.9. The Bertz CT molecular complexity index is 1520. The van der Waals surface area contributed by atoms with E-state index in [2.05, 4.69) is 14.9 Å². The van der Waals surface area contributed by atoms with Crippen molar-refractivity contribution in [2.45, 2.75) is 30.5 Å². The van der Waals surface area contributed by atoms with Gasteiger partial charge in [0.15, 0.2) is 0 Å². The van der Waals surface area contributed by atoms with Gasteiger partial charge in [0, 0.05) is 18.8 Å². The van der Waals surface area contributed by atoms with Crippen LogP contribution in [0.2, 0.25) is 0 Å². The molecule has 39 heavy (non-hydrogen) atoms. The van der Waals surface area contributed by atoms with Crippen LogP contribution in [0.25, 0.3) is 0 Å². The number of amides is 2. The van der Waals surface area contributed by atoms with E-state index < -0.39 is 33.8 Å². The molecule has 0 saturated carbocycles. The molecular weight excluding hydrogens is 533 g/mol. The van der Waals surface area contributed by atoms with Gasteiger partial charge in [-0.1, -0.05) is 12.1 Å². The Balaban J connectivity index is 1.75. The highest BCUT2D eigenvalue weighted by molar-refractivity contribution is 7.89. The zero-order valence-corrected chi connectivity index (χ0v) is 21.9. The number of urea groups is 1. The Morgan fingerprint density at radius 3 is 2.51 bits per heavy atom. The van der Waals surface area contributed by atoms with Gasteiger partial charge in [0.25, 0.3) is 0 Å². The third-order valence-electron chi connectivity index (χ3n) is 6.83. The highest BCUT2D eigenvalue weighted by Crippen LogP contribution is 2.38. The van der Waals surface area contributed by atoms with Gasteiger partial charge in [-0.3, -0.25) is 4.90 Å². The second-order valence-electron chi connectivity index (χ2n) is 9.51. The molecule has 2 unspecified atom stereocenters. The molecule has 2 aromatic carbocycles. The minimum atomic E-state index is -4.65. The molecule has 2 N–H and O–H groups in total. The Hall–Kier alpha value is -3.91. The minimum Gasteiger partial charge on any atom is -0.326 e. The maximum absolute atomic E-state index is 13.4. The Kier molecular flexibility index (Phi) is 7.70. The smallest absolute Gasteiger partial charge is 0.326 e. The number of sulfonamides is 1. The van der Waals surface area contributed by atoms with Gasteiger partial charge < -0.3 is 10.2 Å². The van der Waals surface area contributed by atoms with Crippen LogP contribution in [0, 0.1) is 28.6 Å².